The first-order chi connectivity index (χ1) is 6.15. The average Bonchev–Trinajstić information content (AvgIpc) is 2.44. The molecule has 1 saturated heterocycles. The fraction of sp³-hybridized carbons (Fsp3) is 0.667. The summed E-state index contributed by atoms with van der Waals surface area (Å²) in [7, 11) is 0.429. The molecule has 0 saturated carbocycles. The third-order valence-electron chi connectivity index (χ3n) is 2.19. The number of hydrogen-bond acceptors (Lipinski definition) is 1. The zero-order valence-electron chi connectivity index (χ0n) is 8.04. The van der Waals surface area contributed by atoms with Crippen LogP contribution >= 0.6 is 19.0 Å². The second-order valence-electron chi connectivity index (χ2n) is 3.09. The highest BCUT2D eigenvalue weighted by molar-refractivity contribution is 8.89. The van der Waals surface area contributed by atoms with Crippen molar-refractivity contribution in [3.8, 4) is 0 Å². The van der Waals surface area contributed by atoms with E-state index in [1.165, 1.54) is 12.2 Å². The Kier molecular flexibility index (Phi) is 4.19. The van der Waals surface area contributed by atoms with Gasteiger partial charge in [-0.15, -0.1) is 19.0 Å². The molecule has 1 aliphatic heterocycles. The van der Waals surface area contributed by atoms with E-state index in [1.807, 2.05) is 6.92 Å². The fourth-order valence-electron chi connectivity index (χ4n) is 1.24. The van der Waals surface area contributed by atoms with Crippen LogP contribution in [0.2, 0.25) is 0 Å². The van der Waals surface area contributed by atoms with Crippen molar-refractivity contribution < 1.29 is 4.79 Å². The molecule has 1 rings (SSSR count). The summed E-state index contributed by atoms with van der Waals surface area (Å²) in [5.41, 5.74) is 0. The van der Waals surface area contributed by atoms with Gasteiger partial charge in [-0.05, 0) is 12.2 Å². The van der Waals surface area contributed by atoms with Gasteiger partial charge in [0.25, 0.3) is 0 Å². The number of nitrogens with one attached hydrogen (secondary N) is 1. The molecule has 0 bridgehead atoms. The molecule has 0 aromatic carbocycles. The van der Waals surface area contributed by atoms with Crippen LogP contribution < -0.4 is 5.32 Å². The summed E-state index contributed by atoms with van der Waals surface area (Å²) in [4.78, 5) is 11.0. The van der Waals surface area contributed by atoms with Gasteiger partial charge in [-0.1, -0.05) is 18.7 Å². The van der Waals surface area contributed by atoms with Gasteiger partial charge in [0, 0.05) is 18.2 Å². The first-order valence-corrected chi connectivity index (χ1v) is 7.99. The van der Waals surface area contributed by atoms with E-state index >= 15 is 0 Å². The minimum atomic E-state index is 0.146. The van der Waals surface area contributed by atoms with Gasteiger partial charge in [0.2, 0.25) is 5.91 Å². The molecule has 3 atom stereocenters. The molecule has 1 aliphatic rings. The molecule has 13 heavy (non-hydrogen) atoms. The van der Waals surface area contributed by atoms with E-state index in [0.29, 0.717) is 11.7 Å². The van der Waals surface area contributed by atoms with E-state index in [-0.39, 0.29) is 24.9 Å². The van der Waals surface area contributed by atoms with Crippen LogP contribution in [0.4, 0.5) is 0 Å². The second-order valence-corrected chi connectivity index (χ2v) is 8.51. The second kappa shape index (κ2) is 4.96. The van der Waals surface area contributed by atoms with Gasteiger partial charge in [-0.25, -0.2) is 0 Å². The molecule has 1 fully saturated rings. The summed E-state index contributed by atoms with van der Waals surface area (Å²) in [5, 5.41) is 3.51. The zero-order chi connectivity index (χ0) is 9.84. The lowest BCUT2D eigenvalue weighted by Gasteiger charge is -2.12. The van der Waals surface area contributed by atoms with Crippen LogP contribution in [-0.4, -0.2) is 35.2 Å². The predicted molar refractivity (Wildman–Crippen MR) is 66.0 cm³/mol. The Balaban J connectivity index is 2.34. The Hall–Kier alpha value is -0.0900. The van der Waals surface area contributed by atoms with Crippen LogP contribution in [0, 0.1) is 0 Å². The molecule has 0 radical (unpaired) electrons. The summed E-state index contributed by atoms with van der Waals surface area (Å²) in [6.45, 7) is 2.68. The lowest BCUT2D eigenvalue weighted by molar-refractivity contribution is -0.120. The molecule has 1 N–H and O–H groups in total. The minimum absolute atomic E-state index is 0.146. The molecular weight excluding hydrogens is 202 g/mol. The Morgan fingerprint density at radius 2 is 2.31 bits per heavy atom. The predicted octanol–water partition coefficient (Wildman–Crippen LogP) is 1.60. The van der Waals surface area contributed by atoms with Crippen molar-refractivity contribution in [2.24, 2.45) is 0 Å². The normalized spacial score (nSPS) is 33.2. The van der Waals surface area contributed by atoms with Crippen LogP contribution in [0.5, 0.6) is 0 Å². The van der Waals surface area contributed by atoms with Gasteiger partial charge in [-0.3, -0.25) is 4.79 Å². The summed E-state index contributed by atoms with van der Waals surface area (Å²) in [6, 6.07) is 0. The minimum Gasteiger partial charge on any atom is -0.355 e. The first kappa shape index (κ1) is 11.0. The van der Waals surface area contributed by atoms with Gasteiger partial charge in [0.1, 0.15) is 0 Å². The quantitative estimate of drug-likeness (QED) is 0.567. The van der Waals surface area contributed by atoms with Crippen molar-refractivity contribution in [1.82, 2.24) is 5.32 Å². The summed E-state index contributed by atoms with van der Waals surface area (Å²) < 4.78 is 0. The number of amides is 1. The van der Waals surface area contributed by atoms with Crippen LogP contribution in [-0.2, 0) is 4.79 Å². The molecule has 0 aromatic heterocycles. The maximum Gasteiger partial charge on any atom is 0.219 e. The van der Waals surface area contributed by atoms with Crippen molar-refractivity contribution in [3.05, 3.63) is 0 Å². The van der Waals surface area contributed by atoms with Crippen molar-refractivity contribution in [2.75, 3.05) is 12.3 Å². The van der Waals surface area contributed by atoms with Crippen LogP contribution in [0.15, 0.2) is 0 Å². The highest BCUT2D eigenvalue weighted by atomic mass is 33.1. The lowest BCUT2D eigenvalue weighted by atomic mass is 10.3. The molecule has 0 aliphatic carbocycles. The molecule has 0 aromatic rings. The Morgan fingerprint density at radius 3 is 2.77 bits per heavy atom. The van der Waals surface area contributed by atoms with Gasteiger partial charge >= 0.3 is 0 Å². The molecule has 2 nitrogen and oxygen atoms in total. The summed E-state index contributed by atoms with van der Waals surface area (Å²) in [6.07, 6.45) is 1.76. The third kappa shape index (κ3) is 2.95. The average molecular weight is 219 g/mol. The number of carbonyl (C=O) groups is 1. The molecule has 76 valence electrons. The van der Waals surface area contributed by atoms with Crippen molar-refractivity contribution >= 4 is 36.7 Å². The number of hydrogen-bond donors (Lipinski definition) is 1. The molecular formula is C9H17NOS2. The Morgan fingerprint density at radius 1 is 1.62 bits per heavy atom. The van der Waals surface area contributed by atoms with Crippen LogP contribution in [0.3, 0.4) is 0 Å². The van der Waals surface area contributed by atoms with E-state index < -0.39 is 0 Å². The van der Waals surface area contributed by atoms with E-state index in [1.54, 1.807) is 0 Å². The summed E-state index contributed by atoms with van der Waals surface area (Å²) >= 11 is 0. The Bertz CT molecular complexity index is 250. The molecule has 1 amide bonds. The van der Waals surface area contributed by atoms with Gasteiger partial charge in [-0.2, -0.15) is 0 Å². The number of carbonyl (C=O) groups excluding carboxylic acids is 1. The lowest BCUT2D eigenvalue weighted by Crippen LogP contribution is -2.29. The molecule has 1 heterocycles. The molecule has 0 spiro atoms. The maximum atomic E-state index is 11.0. The molecule has 3 unspecified atom stereocenters. The highest BCUT2D eigenvalue weighted by Gasteiger charge is 2.20. The SMILES string of the molecule is C=S1CCC(CNC(=O)CC)S1=C. The van der Waals surface area contributed by atoms with E-state index in [0.717, 1.165) is 6.54 Å². The number of rotatable bonds is 3. The third-order valence-corrected chi connectivity index (χ3v) is 7.77. The molecule has 4 heteroatoms. The fourth-order valence-corrected chi connectivity index (χ4v) is 5.77. The van der Waals surface area contributed by atoms with E-state index in [9.17, 15) is 4.79 Å². The first-order valence-electron chi connectivity index (χ1n) is 4.45. The Labute approximate surface area is 84.4 Å². The van der Waals surface area contributed by atoms with E-state index in [2.05, 4.69) is 17.1 Å². The monoisotopic (exact) mass is 219 g/mol. The van der Waals surface area contributed by atoms with Gasteiger partial charge < -0.3 is 5.32 Å². The van der Waals surface area contributed by atoms with Gasteiger partial charge in [0.05, 0.1) is 0 Å². The highest BCUT2D eigenvalue weighted by Crippen LogP contribution is 2.47. The summed E-state index contributed by atoms with van der Waals surface area (Å²) in [5.74, 6) is 9.55. The van der Waals surface area contributed by atoms with Crippen LogP contribution in [0.1, 0.15) is 19.8 Å². The van der Waals surface area contributed by atoms with E-state index in [4.69, 9.17) is 0 Å². The topological polar surface area (TPSA) is 29.1 Å². The standard InChI is InChI=1S/C9H17NOS2/c1-4-9(11)10-7-8-5-6-12(2)13(8)3/h8H,2-7H2,1H3,(H,10,11). The zero-order valence-corrected chi connectivity index (χ0v) is 9.68. The van der Waals surface area contributed by atoms with Gasteiger partial charge in [0.15, 0.2) is 0 Å². The van der Waals surface area contributed by atoms with Crippen molar-refractivity contribution in [1.29, 1.82) is 0 Å². The largest absolute Gasteiger partial charge is 0.355 e. The van der Waals surface area contributed by atoms with Crippen LogP contribution in [0.25, 0.3) is 0 Å². The van der Waals surface area contributed by atoms with Crippen molar-refractivity contribution in [3.63, 3.8) is 0 Å². The maximum absolute atomic E-state index is 11.0. The smallest absolute Gasteiger partial charge is 0.219 e. The van der Waals surface area contributed by atoms with Crippen molar-refractivity contribution in [2.45, 2.75) is 25.0 Å².